The second kappa shape index (κ2) is 5.21. The lowest BCUT2D eigenvalue weighted by atomic mass is 10.0. The lowest BCUT2D eigenvalue weighted by molar-refractivity contribution is -0.120. The highest BCUT2D eigenvalue weighted by atomic mass is 16.5. The van der Waals surface area contributed by atoms with E-state index in [4.69, 9.17) is 9.47 Å². The van der Waals surface area contributed by atoms with Crippen LogP contribution in [0.3, 0.4) is 0 Å². The minimum atomic E-state index is 0.357. The Morgan fingerprint density at radius 2 is 1.94 bits per heavy atom. The summed E-state index contributed by atoms with van der Waals surface area (Å²) in [7, 11) is 3.24. The van der Waals surface area contributed by atoms with Crippen molar-refractivity contribution in [3.63, 3.8) is 0 Å². The molecule has 92 valence electrons. The summed E-state index contributed by atoms with van der Waals surface area (Å²) >= 11 is 0. The van der Waals surface area contributed by atoms with E-state index in [1.54, 1.807) is 14.2 Å². The lowest BCUT2D eigenvalue weighted by Gasteiger charge is -2.09. The zero-order valence-corrected chi connectivity index (χ0v) is 10.4. The monoisotopic (exact) mass is 234 g/mol. The third-order valence-electron chi connectivity index (χ3n) is 3.14. The molecular formula is C14H18O3. The van der Waals surface area contributed by atoms with Crippen molar-refractivity contribution < 1.29 is 14.3 Å². The summed E-state index contributed by atoms with van der Waals surface area (Å²) in [5, 5.41) is 0. The number of ether oxygens (including phenoxy) is 2. The molecule has 0 heterocycles. The maximum absolute atomic E-state index is 11.6. The van der Waals surface area contributed by atoms with E-state index in [0.29, 0.717) is 18.1 Å². The summed E-state index contributed by atoms with van der Waals surface area (Å²) in [5.74, 6) is 2.21. The molecule has 0 N–H and O–H groups in total. The first-order valence-corrected chi connectivity index (χ1v) is 5.98. The lowest BCUT2D eigenvalue weighted by Crippen LogP contribution is -2.02. The molecule has 0 spiro atoms. The van der Waals surface area contributed by atoms with Crippen LogP contribution in [0.1, 0.15) is 24.8 Å². The highest BCUT2D eigenvalue weighted by Gasteiger charge is 2.28. The van der Waals surface area contributed by atoms with E-state index in [0.717, 1.165) is 36.3 Å². The number of ketones is 1. The van der Waals surface area contributed by atoms with Crippen LogP contribution in [0, 0.1) is 5.92 Å². The molecule has 1 aliphatic rings. The van der Waals surface area contributed by atoms with E-state index < -0.39 is 0 Å². The van der Waals surface area contributed by atoms with Gasteiger partial charge in [-0.05, 0) is 37.0 Å². The van der Waals surface area contributed by atoms with Crippen molar-refractivity contribution in [3.05, 3.63) is 23.8 Å². The molecule has 0 aromatic heterocycles. The van der Waals surface area contributed by atoms with Gasteiger partial charge in [-0.25, -0.2) is 0 Å². The molecule has 1 saturated carbocycles. The van der Waals surface area contributed by atoms with Crippen molar-refractivity contribution in [2.24, 2.45) is 5.92 Å². The summed E-state index contributed by atoms with van der Waals surface area (Å²) in [6.45, 7) is 0. The van der Waals surface area contributed by atoms with Gasteiger partial charge in [-0.2, -0.15) is 0 Å². The Kier molecular flexibility index (Phi) is 3.67. The van der Waals surface area contributed by atoms with Crippen molar-refractivity contribution in [1.82, 2.24) is 0 Å². The van der Waals surface area contributed by atoms with Gasteiger partial charge in [-0.15, -0.1) is 0 Å². The van der Waals surface area contributed by atoms with Gasteiger partial charge in [0.15, 0.2) is 11.5 Å². The summed E-state index contributed by atoms with van der Waals surface area (Å²) in [4.78, 5) is 11.6. The predicted molar refractivity (Wildman–Crippen MR) is 65.6 cm³/mol. The standard InChI is InChI=1S/C14H18O3/c1-16-13-8-4-10(9-14(13)17-2)3-7-12(15)11-5-6-11/h4,8-9,11H,3,5-7H2,1-2H3. The number of carbonyl (C=O) groups is 1. The Balaban J connectivity index is 1.98. The quantitative estimate of drug-likeness (QED) is 0.759. The number of aryl methyl sites for hydroxylation is 1. The second-order valence-electron chi connectivity index (χ2n) is 4.43. The number of methoxy groups -OCH3 is 2. The molecule has 0 radical (unpaired) electrons. The van der Waals surface area contributed by atoms with Gasteiger partial charge in [0, 0.05) is 12.3 Å². The van der Waals surface area contributed by atoms with Crippen LogP contribution in [0.15, 0.2) is 18.2 Å². The summed E-state index contributed by atoms with van der Waals surface area (Å²) in [6.07, 6.45) is 3.60. The van der Waals surface area contributed by atoms with Gasteiger partial charge in [0.05, 0.1) is 14.2 Å². The first kappa shape index (κ1) is 12.0. The van der Waals surface area contributed by atoms with Gasteiger partial charge >= 0.3 is 0 Å². The van der Waals surface area contributed by atoms with Gasteiger partial charge in [-0.3, -0.25) is 4.79 Å². The Hall–Kier alpha value is -1.51. The van der Waals surface area contributed by atoms with Crippen LogP contribution in [0.5, 0.6) is 11.5 Å². The van der Waals surface area contributed by atoms with Gasteiger partial charge < -0.3 is 9.47 Å². The van der Waals surface area contributed by atoms with Crippen LogP contribution in [0.25, 0.3) is 0 Å². The number of rotatable bonds is 6. The minimum Gasteiger partial charge on any atom is -0.493 e. The van der Waals surface area contributed by atoms with E-state index in [9.17, 15) is 4.79 Å². The Labute approximate surface area is 102 Å². The first-order valence-electron chi connectivity index (χ1n) is 5.98. The fourth-order valence-corrected chi connectivity index (χ4v) is 1.91. The fraction of sp³-hybridized carbons (Fsp3) is 0.500. The molecule has 1 fully saturated rings. The zero-order chi connectivity index (χ0) is 12.3. The summed E-state index contributed by atoms with van der Waals surface area (Å²) in [5.41, 5.74) is 1.12. The van der Waals surface area contributed by atoms with E-state index in [1.807, 2.05) is 18.2 Å². The Bertz CT molecular complexity index is 408. The van der Waals surface area contributed by atoms with Crippen molar-refractivity contribution in [1.29, 1.82) is 0 Å². The molecular weight excluding hydrogens is 216 g/mol. The van der Waals surface area contributed by atoms with Gasteiger partial charge in [0.2, 0.25) is 0 Å². The molecule has 0 atom stereocenters. The smallest absolute Gasteiger partial charge is 0.160 e. The molecule has 0 bridgehead atoms. The number of Topliss-reactive ketones (excluding diaryl/α,β-unsaturated/α-hetero) is 1. The van der Waals surface area contributed by atoms with E-state index in [-0.39, 0.29) is 0 Å². The maximum Gasteiger partial charge on any atom is 0.160 e. The van der Waals surface area contributed by atoms with Gasteiger partial charge in [0.1, 0.15) is 5.78 Å². The SMILES string of the molecule is COc1ccc(CCC(=O)C2CC2)cc1OC. The molecule has 3 heteroatoms. The summed E-state index contributed by atoms with van der Waals surface area (Å²) in [6, 6.07) is 5.82. The summed E-state index contributed by atoms with van der Waals surface area (Å²) < 4.78 is 10.4. The average molecular weight is 234 g/mol. The molecule has 0 amide bonds. The first-order chi connectivity index (χ1) is 8.24. The van der Waals surface area contributed by atoms with Crippen molar-refractivity contribution in [2.75, 3.05) is 14.2 Å². The number of benzene rings is 1. The largest absolute Gasteiger partial charge is 0.493 e. The number of carbonyl (C=O) groups excluding carboxylic acids is 1. The molecule has 2 rings (SSSR count). The normalized spacial score (nSPS) is 14.5. The molecule has 17 heavy (non-hydrogen) atoms. The molecule has 1 aromatic carbocycles. The van der Waals surface area contributed by atoms with Crippen LogP contribution in [-0.2, 0) is 11.2 Å². The van der Waals surface area contributed by atoms with Crippen LogP contribution in [0.4, 0.5) is 0 Å². The maximum atomic E-state index is 11.6. The highest BCUT2D eigenvalue weighted by molar-refractivity contribution is 5.83. The minimum absolute atomic E-state index is 0.357. The number of hydrogen-bond donors (Lipinski definition) is 0. The zero-order valence-electron chi connectivity index (χ0n) is 10.4. The fourth-order valence-electron chi connectivity index (χ4n) is 1.91. The van der Waals surface area contributed by atoms with Crippen molar-refractivity contribution >= 4 is 5.78 Å². The number of hydrogen-bond acceptors (Lipinski definition) is 3. The van der Waals surface area contributed by atoms with E-state index >= 15 is 0 Å². The van der Waals surface area contributed by atoms with E-state index in [1.165, 1.54) is 0 Å². The average Bonchev–Trinajstić information content (AvgIpc) is 3.19. The van der Waals surface area contributed by atoms with Crippen molar-refractivity contribution in [3.8, 4) is 11.5 Å². The van der Waals surface area contributed by atoms with Gasteiger partial charge in [-0.1, -0.05) is 6.07 Å². The van der Waals surface area contributed by atoms with Crippen LogP contribution in [-0.4, -0.2) is 20.0 Å². The van der Waals surface area contributed by atoms with E-state index in [2.05, 4.69) is 0 Å². The third-order valence-corrected chi connectivity index (χ3v) is 3.14. The molecule has 0 aliphatic heterocycles. The molecule has 3 nitrogen and oxygen atoms in total. The molecule has 0 saturated heterocycles. The van der Waals surface area contributed by atoms with Crippen LogP contribution < -0.4 is 9.47 Å². The van der Waals surface area contributed by atoms with Crippen LogP contribution >= 0.6 is 0 Å². The van der Waals surface area contributed by atoms with Crippen LogP contribution in [0.2, 0.25) is 0 Å². The second-order valence-corrected chi connectivity index (χ2v) is 4.43. The van der Waals surface area contributed by atoms with Crippen molar-refractivity contribution in [2.45, 2.75) is 25.7 Å². The molecule has 0 unspecified atom stereocenters. The Morgan fingerprint density at radius 3 is 2.53 bits per heavy atom. The molecule has 1 aliphatic carbocycles. The van der Waals surface area contributed by atoms with Gasteiger partial charge in [0.25, 0.3) is 0 Å². The Morgan fingerprint density at radius 1 is 1.24 bits per heavy atom. The third kappa shape index (κ3) is 2.99. The predicted octanol–water partition coefficient (Wildman–Crippen LogP) is 2.62. The molecule has 1 aromatic rings. The topological polar surface area (TPSA) is 35.5 Å². The highest BCUT2D eigenvalue weighted by Crippen LogP contribution is 2.32.